The minimum Gasteiger partial charge on any atom is -0.469 e. The van der Waals surface area contributed by atoms with Crippen molar-refractivity contribution in [3.63, 3.8) is 0 Å². The van der Waals surface area contributed by atoms with Crippen LogP contribution in [0.15, 0.2) is 30.4 Å². The summed E-state index contributed by atoms with van der Waals surface area (Å²) in [4.78, 5) is 24.6. The third kappa shape index (κ3) is 4.32. The van der Waals surface area contributed by atoms with Crippen molar-refractivity contribution in [2.75, 3.05) is 7.11 Å². The molecule has 2 aromatic rings. The van der Waals surface area contributed by atoms with Crippen LogP contribution in [0.5, 0.6) is 0 Å². The van der Waals surface area contributed by atoms with Gasteiger partial charge in [0.2, 0.25) is 5.82 Å². The molecule has 1 aliphatic rings. The van der Waals surface area contributed by atoms with Crippen LogP contribution in [0.3, 0.4) is 0 Å². The predicted molar refractivity (Wildman–Crippen MR) is 101 cm³/mol. The summed E-state index contributed by atoms with van der Waals surface area (Å²) in [6.45, 7) is 0. The molecular formula is C21H14ClF6NO3. The molecule has 0 aliphatic heterocycles. The van der Waals surface area contributed by atoms with Crippen molar-refractivity contribution in [2.45, 2.75) is 18.4 Å². The van der Waals surface area contributed by atoms with Gasteiger partial charge in [0.15, 0.2) is 23.3 Å². The topological polar surface area (TPSA) is 55.4 Å². The lowest BCUT2D eigenvalue weighted by Crippen LogP contribution is -2.35. The molecular weight excluding hydrogens is 464 g/mol. The van der Waals surface area contributed by atoms with Crippen LogP contribution in [0.1, 0.15) is 28.3 Å². The lowest BCUT2D eigenvalue weighted by molar-refractivity contribution is -0.143. The minimum atomic E-state index is -2.38. The van der Waals surface area contributed by atoms with Crippen LogP contribution >= 0.6 is 11.6 Å². The SMILES string of the molecule is COC(=O)[C@H](c1ccc(F)cc1Cl)[C@@H]1C=C[C@H](NC(=O)c2c(F)c(F)c(F)c(F)c2F)C1. The number of hydrogen-bond acceptors (Lipinski definition) is 3. The molecule has 0 aromatic heterocycles. The Morgan fingerprint density at radius 1 is 1.00 bits per heavy atom. The normalized spacial score (nSPS) is 18.5. The third-order valence-corrected chi connectivity index (χ3v) is 5.38. The second kappa shape index (κ2) is 9.23. The highest BCUT2D eigenvalue weighted by molar-refractivity contribution is 6.31. The van der Waals surface area contributed by atoms with Crippen LogP contribution in [0.25, 0.3) is 0 Å². The van der Waals surface area contributed by atoms with Crippen LogP contribution in [0.2, 0.25) is 5.02 Å². The fraction of sp³-hybridized carbons (Fsp3) is 0.238. The molecule has 1 aliphatic carbocycles. The van der Waals surface area contributed by atoms with Crippen LogP contribution < -0.4 is 5.32 Å². The van der Waals surface area contributed by atoms with Gasteiger partial charge in [-0.15, -0.1) is 0 Å². The van der Waals surface area contributed by atoms with Crippen LogP contribution in [0.4, 0.5) is 26.3 Å². The Bertz CT molecular complexity index is 1090. The largest absolute Gasteiger partial charge is 0.469 e. The van der Waals surface area contributed by atoms with Crippen molar-refractivity contribution >= 4 is 23.5 Å². The monoisotopic (exact) mass is 477 g/mol. The van der Waals surface area contributed by atoms with E-state index < -0.39 is 70.2 Å². The lowest BCUT2D eigenvalue weighted by Gasteiger charge is -2.23. The van der Waals surface area contributed by atoms with E-state index in [1.165, 1.54) is 18.2 Å². The number of hydrogen-bond donors (Lipinski definition) is 1. The maximum atomic E-state index is 13.9. The number of nitrogens with one attached hydrogen (secondary N) is 1. The Hall–Kier alpha value is -3.01. The Morgan fingerprint density at radius 2 is 1.59 bits per heavy atom. The zero-order chi connectivity index (χ0) is 23.7. The number of esters is 1. The molecule has 0 saturated carbocycles. The van der Waals surface area contributed by atoms with Crippen LogP contribution in [-0.4, -0.2) is 25.0 Å². The highest BCUT2D eigenvalue weighted by Gasteiger charge is 2.36. The van der Waals surface area contributed by atoms with Crippen molar-refractivity contribution in [1.29, 1.82) is 0 Å². The van der Waals surface area contributed by atoms with Gasteiger partial charge >= 0.3 is 5.97 Å². The van der Waals surface area contributed by atoms with Gasteiger partial charge < -0.3 is 10.1 Å². The average molecular weight is 478 g/mol. The van der Waals surface area contributed by atoms with Gasteiger partial charge in [-0.05, 0) is 30.0 Å². The Morgan fingerprint density at radius 3 is 2.16 bits per heavy atom. The summed E-state index contributed by atoms with van der Waals surface area (Å²) in [5.74, 6) is -15.9. The third-order valence-electron chi connectivity index (χ3n) is 5.05. The quantitative estimate of drug-likeness (QED) is 0.221. The average Bonchev–Trinajstić information content (AvgIpc) is 3.20. The van der Waals surface area contributed by atoms with Gasteiger partial charge in [-0.3, -0.25) is 9.59 Å². The smallest absolute Gasteiger partial charge is 0.313 e. The van der Waals surface area contributed by atoms with Gasteiger partial charge in [0.1, 0.15) is 11.4 Å². The van der Waals surface area contributed by atoms with E-state index in [4.69, 9.17) is 16.3 Å². The zero-order valence-corrected chi connectivity index (χ0v) is 17.0. The van der Waals surface area contributed by atoms with Crippen molar-refractivity contribution in [3.05, 3.63) is 81.4 Å². The number of amides is 1. The standard InChI is InChI=1S/C21H14ClF6NO3/c1-32-21(31)13(11-5-3-9(23)7-12(11)22)8-2-4-10(6-8)29-20(30)14-15(24)17(26)19(28)18(27)16(14)25/h2-5,7-8,10,13H,6H2,1H3,(H,29,30)/t8-,10+,13+/m1/s1. The van der Waals surface area contributed by atoms with Gasteiger partial charge in [-0.25, -0.2) is 26.3 Å². The van der Waals surface area contributed by atoms with Crippen molar-refractivity contribution in [3.8, 4) is 0 Å². The molecule has 0 unspecified atom stereocenters. The van der Waals surface area contributed by atoms with Gasteiger partial charge in [-0.1, -0.05) is 29.8 Å². The van der Waals surface area contributed by atoms with E-state index in [0.29, 0.717) is 0 Å². The van der Waals surface area contributed by atoms with E-state index in [9.17, 15) is 35.9 Å². The van der Waals surface area contributed by atoms with Crippen LogP contribution in [-0.2, 0) is 9.53 Å². The van der Waals surface area contributed by atoms with E-state index in [2.05, 4.69) is 5.32 Å². The number of allylic oxidation sites excluding steroid dienone is 1. The molecule has 170 valence electrons. The van der Waals surface area contributed by atoms with E-state index >= 15 is 0 Å². The molecule has 0 radical (unpaired) electrons. The number of ether oxygens (including phenoxy) is 1. The first-order valence-electron chi connectivity index (χ1n) is 9.10. The molecule has 32 heavy (non-hydrogen) atoms. The summed E-state index contributed by atoms with van der Waals surface area (Å²) < 4.78 is 85.9. The zero-order valence-electron chi connectivity index (χ0n) is 16.2. The Kier molecular flexibility index (Phi) is 6.82. The summed E-state index contributed by atoms with van der Waals surface area (Å²) in [5, 5.41) is 2.12. The van der Waals surface area contributed by atoms with Crippen molar-refractivity contribution in [1.82, 2.24) is 5.32 Å². The minimum absolute atomic E-state index is 0.00854. The summed E-state index contributed by atoms with van der Waals surface area (Å²) in [6.07, 6.45) is 2.90. The summed E-state index contributed by atoms with van der Waals surface area (Å²) in [7, 11) is 1.13. The van der Waals surface area contributed by atoms with E-state index in [-0.39, 0.29) is 17.0 Å². The number of rotatable bonds is 5. The van der Waals surface area contributed by atoms with E-state index in [0.717, 1.165) is 19.2 Å². The highest BCUT2D eigenvalue weighted by Crippen LogP contribution is 2.38. The van der Waals surface area contributed by atoms with Gasteiger partial charge in [-0.2, -0.15) is 0 Å². The number of benzene rings is 2. The number of methoxy groups -OCH3 is 1. The second-order valence-corrected chi connectivity index (χ2v) is 7.38. The van der Waals surface area contributed by atoms with Gasteiger partial charge in [0.05, 0.1) is 13.0 Å². The summed E-state index contributed by atoms with van der Waals surface area (Å²) in [6, 6.07) is 2.49. The first-order valence-corrected chi connectivity index (χ1v) is 9.48. The first kappa shape index (κ1) is 23.6. The fourth-order valence-corrected chi connectivity index (χ4v) is 3.82. The maximum absolute atomic E-state index is 13.9. The number of carbonyl (C=O) groups is 2. The maximum Gasteiger partial charge on any atom is 0.313 e. The molecule has 0 saturated heterocycles. The van der Waals surface area contributed by atoms with Crippen molar-refractivity contribution < 1.29 is 40.7 Å². The molecule has 0 spiro atoms. The summed E-state index contributed by atoms with van der Waals surface area (Å²) >= 11 is 6.06. The Labute approximate surface area is 182 Å². The molecule has 0 heterocycles. The number of carbonyl (C=O) groups excluding carboxylic acids is 2. The van der Waals surface area contributed by atoms with Crippen molar-refractivity contribution in [2.24, 2.45) is 5.92 Å². The molecule has 3 rings (SSSR count). The van der Waals surface area contributed by atoms with E-state index in [1.54, 1.807) is 0 Å². The molecule has 4 nitrogen and oxygen atoms in total. The second-order valence-electron chi connectivity index (χ2n) is 6.98. The molecule has 1 amide bonds. The van der Waals surface area contributed by atoms with E-state index in [1.807, 2.05) is 0 Å². The number of halogens is 7. The molecule has 1 N–H and O–H groups in total. The molecule has 2 aromatic carbocycles. The molecule has 3 atom stereocenters. The predicted octanol–water partition coefficient (Wildman–Crippen LogP) is 4.81. The van der Waals surface area contributed by atoms with Gasteiger partial charge in [0.25, 0.3) is 5.91 Å². The fourth-order valence-electron chi connectivity index (χ4n) is 3.54. The summed E-state index contributed by atoms with van der Waals surface area (Å²) in [5.41, 5.74) is -1.37. The Balaban J connectivity index is 1.83. The highest BCUT2D eigenvalue weighted by atomic mass is 35.5. The molecule has 0 fully saturated rings. The van der Waals surface area contributed by atoms with Gasteiger partial charge in [0, 0.05) is 11.1 Å². The van der Waals surface area contributed by atoms with Crippen LogP contribution in [0, 0.1) is 40.8 Å². The lowest BCUT2D eigenvalue weighted by atomic mass is 9.85. The first-order chi connectivity index (χ1) is 15.1. The molecule has 0 bridgehead atoms. The molecule has 11 heteroatoms.